The zero-order valence-electron chi connectivity index (χ0n) is 32.3. The second-order valence-corrected chi connectivity index (χ2v) is 14.1. The SMILES string of the molecule is CC(C)c1cc(-c2ccccc2)cc(C(C)C)c1-n1c(-c2[c-]ccc3c2oc2cc(C#N)ccc23)nc2ccccc21.Fc1ccc[c-]c1-c1ccccn1.[CH3-].[Ir+3]. The summed E-state index contributed by atoms with van der Waals surface area (Å²) in [5.74, 6) is 1.04. The van der Waals surface area contributed by atoms with Crippen molar-refractivity contribution in [2.75, 3.05) is 0 Å². The van der Waals surface area contributed by atoms with Gasteiger partial charge in [-0.3, -0.25) is 9.37 Å². The van der Waals surface area contributed by atoms with Crippen LogP contribution in [0.25, 0.3) is 72.4 Å². The quantitative estimate of drug-likeness (QED) is 0.156. The van der Waals surface area contributed by atoms with E-state index in [2.05, 4.69) is 116 Å². The monoisotopic (exact) mass is 924 g/mol. The fraction of sp³-hybridized carbons (Fsp3) is 0.120. The van der Waals surface area contributed by atoms with Gasteiger partial charge in [-0.1, -0.05) is 105 Å². The average molecular weight is 924 g/mol. The van der Waals surface area contributed by atoms with Gasteiger partial charge < -0.3 is 21.4 Å². The normalized spacial score (nSPS) is 10.9. The van der Waals surface area contributed by atoms with E-state index in [0.29, 0.717) is 22.4 Å². The van der Waals surface area contributed by atoms with Gasteiger partial charge in [0.1, 0.15) is 5.58 Å². The van der Waals surface area contributed by atoms with Gasteiger partial charge in [-0.15, -0.1) is 42.5 Å². The Kier molecular flexibility index (Phi) is 12.3. The number of hydrogen-bond donors (Lipinski definition) is 0. The van der Waals surface area contributed by atoms with Gasteiger partial charge in [-0.25, -0.2) is 0 Å². The number of furan rings is 1. The van der Waals surface area contributed by atoms with Crippen LogP contribution in [0.3, 0.4) is 0 Å². The topological polar surface area (TPSA) is 67.6 Å². The van der Waals surface area contributed by atoms with Crippen LogP contribution in [0.15, 0.2) is 144 Å². The molecule has 0 aliphatic carbocycles. The van der Waals surface area contributed by atoms with Crippen molar-refractivity contribution in [3.8, 4) is 45.5 Å². The van der Waals surface area contributed by atoms with Crippen molar-refractivity contribution >= 4 is 33.0 Å². The largest absolute Gasteiger partial charge is 3.00 e. The molecule has 0 saturated carbocycles. The van der Waals surface area contributed by atoms with E-state index in [1.807, 2.05) is 36.4 Å². The van der Waals surface area contributed by atoms with Crippen LogP contribution in [-0.2, 0) is 20.1 Å². The summed E-state index contributed by atoms with van der Waals surface area (Å²) in [7, 11) is 0. The van der Waals surface area contributed by atoms with Crippen molar-refractivity contribution in [1.29, 1.82) is 5.26 Å². The van der Waals surface area contributed by atoms with Crippen LogP contribution < -0.4 is 0 Å². The van der Waals surface area contributed by atoms with Gasteiger partial charge in [0, 0.05) is 23.1 Å². The van der Waals surface area contributed by atoms with Crippen molar-refractivity contribution in [3.05, 3.63) is 182 Å². The smallest absolute Gasteiger partial charge is 0.500 e. The van der Waals surface area contributed by atoms with Crippen molar-refractivity contribution in [1.82, 2.24) is 14.5 Å². The third-order valence-corrected chi connectivity index (χ3v) is 9.82. The molecule has 9 aromatic rings. The number of halogens is 1. The zero-order chi connectivity index (χ0) is 38.1. The second kappa shape index (κ2) is 17.3. The fourth-order valence-electron chi connectivity index (χ4n) is 7.14. The van der Waals surface area contributed by atoms with Gasteiger partial charge in [0.25, 0.3) is 0 Å². The second-order valence-electron chi connectivity index (χ2n) is 14.1. The Hall–Kier alpha value is -6.19. The number of fused-ring (bicyclic) bond motifs is 4. The molecule has 57 heavy (non-hydrogen) atoms. The molecule has 0 N–H and O–H groups in total. The first-order valence-corrected chi connectivity index (χ1v) is 18.4. The van der Waals surface area contributed by atoms with Crippen molar-refractivity contribution in [3.63, 3.8) is 0 Å². The molecular weight excluding hydrogens is 884 g/mol. The number of para-hydroxylation sites is 2. The summed E-state index contributed by atoms with van der Waals surface area (Å²) >= 11 is 0. The van der Waals surface area contributed by atoms with E-state index in [9.17, 15) is 9.65 Å². The number of rotatable bonds is 6. The van der Waals surface area contributed by atoms with Crippen molar-refractivity contribution < 1.29 is 28.9 Å². The molecule has 0 bridgehead atoms. The molecular formula is C50H40FIrN4O. The maximum atomic E-state index is 13.2. The van der Waals surface area contributed by atoms with Crippen LogP contribution in [0.1, 0.15) is 56.2 Å². The molecule has 0 radical (unpaired) electrons. The van der Waals surface area contributed by atoms with Crippen LogP contribution in [-0.4, -0.2) is 14.5 Å². The number of imidazole rings is 1. The Balaban J connectivity index is 0.000000312. The van der Waals surface area contributed by atoms with Crippen molar-refractivity contribution in [2.45, 2.75) is 39.5 Å². The van der Waals surface area contributed by atoms with Crippen LogP contribution in [0, 0.1) is 36.7 Å². The number of pyridine rings is 1. The van der Waals surface area contributed by atoms with Crippen LogP contribution in [0.4, 0.5) is 4.39 Å². The van der Waals surface area contributed by atoms with Gasteiger partial charge in [-0.2, -0.15) is 5.26 Å². The predicted octanol–water partition coefficient (Wildman–Crippen LogP) is 13.3. The molecule has 0 aliphatic heterocycles. The molecule has 0 unspecified atom stereocenters. The number of nitriles is 1. The van der Waals surface area contributed by atoms with E-state index in [0.717, 1.165) is 44.5 Å². The number of nitrogens with zero attached hydrogens (tertiary/aromatic N) is 4. The van der Waals surface area contributed by atoms with Gasteiger partial charge in [0.2, 0.25) is 0 Å². The Morgan fingerprint density at radius 3 is 2.11 bits per heavy atom. The fourth-order valence-corrected chi connectivity index (χ4v) is 7.14. The summed E-state index contributed by atoms with van der Waals surface area (Å²) in [5, 5.41) is 11.4. The molecule has 6 aromatic carbocycles. The number of aromatic nitrogens is 3. The minimum Gasteiger partial charge on any atom is -0.500 e. The first-order valence-electron chi connectivity index (χ1n) is 18.4. The molecule has 3 heterocycles. The molecule has 0 atom stereocenters. The minimum absolute atomic E-state index is 0. The molecule has 7 heteroatoms. The summed E-state index contributed by atoms with van der Waals surface area (Å²) in [4.78, 5) is 9.25. The summed E-state index contributed by atoms with van der Waals surface area (Å²) in [6.07, 6.45) is 1.63. The van der Waals surface area contributed by atoms with Crippen molar-refractivity contribution in [2.24, 2.45) is 0 Å². The number of benzene rings is 6. The van der Waals surface area contributed by atoms with Crippen LogP contribution in [0.5, 0.6) is 0 Å². The molecule has 282 valence electrons. The summed E-state index contributed by atoms with van der Waals surface area (Å²) < 4.78 is 22.0. The van der Waals surface area contributed by atoms with E-state index in [4.69, 9.17) is 9.40 Å². The molecule has 0 spiro atoms. The van der Waals surface area contributed by atoms with E-state index >= 15 is 0 Å². The average Bonchev–Trinajstić information content (AvgIpc) is 3.79. The van der Waals surface area contributed by atoms with Gasteiger partial charge in [0.15, 0.2) is 0 Å². The minimum atomic E-state index is -0.291. The molecule has 0 fully saturated rings. The standard InChI is InChI=1S/C38H30N3O.C11H7FN.CH3.Ir/c1-23(2)31-20-27(26-11-6-5-7-12-26)21-32(24(3)4)36(31)41-34-16-9-8-15-33(34)40-38(41)30-14-10-13-29-28-18-17-25(22-39)19-35(28)42-37(29)30;12-10-6-2-1-5-9(10)11-7-3-4-8-13-11;;/h5-13,15-21,23-24H,1-4H3;1-4,6-8H;1H3;/q3*-1;+3. The molecule has 0 amide bonds. The van der Waals surface area contributed by atoms with Crippen LogP contribution >= 0.6 is 0 Å². The molecule has 5 nitrogen and oxygen atoms in total. The Morgan fingerprint density at radius 1 is 0.719 bits per heavy atom. The van der Waals surface area contributed by atoms with Crippen LogP contribution in [0.2, 0.25) is 0 Å². The van der Waals surface area contributed by atoms with Gasteiger partial charge in [-0.05, 0) is 82.2 Å². The number of hydrogen-bond acceptors (Lipinski definition) is 4. The molecule has 3 aromatic heterocycles. The first kappa shape index (κ1) is 40.5. The first-order chi connectivity index (χ1) is 26.8. The Bertz CT molecular complexity index is 2820. The zero-order valence-corrected chi connectivity index (χ0v) is 34.7. The maximum absolute atomic E-state index is 13.2. The predicted molar refractivity (Wildman–Crippen MR) is 226 cm³/mol. The van der Waals surface area contributed by atoms with E-state index in [1.165, 1.54) is 28.3 Å². The van der Waals surface area contributed by atoms with E-state index in [1.54, 1.807) is 36.5 Å². The molecule has 0 saturated heterocycles. The maximum Gasteiger partial charge on any atom is 3.00 e. The molecule has 0 aliphatic rings. The van der Waals surface area contributed by atoms with Gasteiger partial charge >= 0.3 is 20.1 Å². The van der Waals surface area contributed by atoms with E-state index in [-0.39, 0.29) is 45.2 Å². The third-order valence-electron chi connectivity index (χ3n) is 9.82. The Labute approximate surface area is 346 Å². The van der Waals surface area contributed by atoms with E-state index < -0.39 is 0 Å². The summed E-state index contributed by atoms with van der Waals surface area (Å²) in [6.45, 7) is 9.04. The third kappa shape index (κ3) is 7.80. The van der Waals surface area contributed by atoms with Gasteiger partial charge in [0.05, 0.1) is 34.1 Å². The molecule has 9 rings (SSSR count). The summed E-state index contributed by atoms with van der Waals surface area (Å²) in [5.41, 5.74) is 11.9. The Morgan fingerprint density at radius 2 is 1.42 bits per heavy atom. The summed E-state index contributed by atoms with van der Waals surface area (Å²) in [6, 6.07) is 51.8.